The van der Waals surface area contributed by atoms with Gasteiger partial charge in [0.25, 0.3) is 0 Å². The van der Waals surface area contributed by atoms with Gasteiger partial charge in [-0.1, -0.05) is 34.1 Å². The summed E-state index contributed by atoms with van der Waals surface area (Å²) in [5, 5.41) is 6.06. The molecule has 0 heterocycles. The zero-order valence-corrected chi connectivity index (χ0v) is 14.0. The Hall–Kier alpha value is -1.81. The zero-order valence-electron chi connectivity index (χ0n) is 12.5. The second kappa shape index (κ2) is 6.76. The van der Waals surface area contributed by atoms with Crippen LogP contribution in [-0.4, -0.2) is 12.5 Å². The van der Waals surface area contributed by atoms with Crippen LogP contribution in [0.2, 0.25) is 0 Å². The standard InChI is InChI=1S/C17H19BrN2O/c1-11-5-4-6-16(13(11)3)19-10-17(21)20-14-8-7-12(2)15(18)9-14/h4-9,19H,10H2,1-3H3,(H,20,21). The maximum Gasteiger partial charge on any atom is 0.243 e. The maximum atomic E-state index is 12.0. The maximum absolute atomic E-state index is 12.0. The van der Waals surface area contributed by atoms with Gasteiger partial charge in [0.15, 0.2) is 0 Å². The molecule has 2 aromatic carbocycles. The van der Waals surface area contributed by atoms with Crippen LogP contribution >= 0.6 is 15.9 Å². The van der Waals surface area contributed by atoms with Gasteiger partial charge >= 0.3 is 0 Å². The number of anilines is 2. The summed E-state index contributed by atoms with van der Waals surface area (Å²) in [7, 11) is 0. The van der Waals surface area contributed by atoms with Crippen molar-refractivity contribution in [2.75, 3.05) is 17.2 Å². The first kappa shape index (κ1) is 15.6. The van der Waals surface area contributed by atoms with E-state index in [1.165, 1.54) is 11.1 Å². The minimum atomic E-state index is -0.0633. The lowest BCUT2D eigenvalue weighted by molar-refractivity contribution is -0.114. The normalized spacial score (nSPS) is 10.3. The Morgan fingerprint density at radius 1 is 1.10 bits per heavy atom. The Balaban J connectivity index is 1.96. The average molecular weight is 347 g/mol. The second-order valence-corrected chi connectivity index (χ2v) is 5.97. The monoisotopic (exact) mass is 346 g/mol. The number of carbonyl (C=O) groups is 1. The summed E-state index contributed by atoms with van der Waals surface area (Å²) < 4.78 is 0.989. The van der Waals surface area contributed by atoms with Crippen LogP contribution in [0.1, 0.15) is 16.7 Å². The van der Waals surface area contributed by atoms with Crippen molar-refractivity contribution >= 4 is 33.2 Å². The highest BCUT2D eigenvalue weighted by Crippen LogP contribution is 2.21. The SMILES string of the molecule is Cc1ccc(NC(=O)CNc2cccc(C)c2C)cc1Br. The summed E-state index contributed by atoms with van der Waals surface area (Å²) in [6, 6.07) is 11.8. The molecule has 4 heteroatoms. The van der Waals surface area contributed by atoms with E-state index in [9.17, 15) is 4.79 Å². The third kappa shape index (κ3) is 4.08. The Bertz CT molecular complexity index is 668. The third-order valence-electron chi connectivity index (χ3n) is 3.50. The van der Waals surface area contributed by atoms with Gasteiger partial charge in [-0.2, -0.15) is 0 Å². The van der Waals surface area contributed by atoms with Gasteiger partial charge in [0.05, 0.1) is 6.54 Å². The summed E-state index contributed by atoms with van der Waals surface area (Å²) >= 11 is 3.46. The van der Waals surface area contributed by atoms with Crippen molar-refractivity contribution in [3.05, 3.63) is 57.6 Å². The number of rotatable bonds is 4. The molecule has 2 aromatic rings. The first-order chi connectivity index (χ1) is 9.97. The Morgan fingerprint density at radius 3 is 2.57 bits per heavy atom. The van der Waals surface area contributed by atoms with E-state index in [2.05, 4.69) is 39.6 Å². The molecular formula is C17H19BrN2O. The number of benzene rings is 2. The van der Waals surface area contributed by atoms with E-state index >= 15 is 0 Å². The number of carbonyl (C=O) groups excluding carboxylic acids is 1. The van der Waals surface area contributed by atoms with Crippen LogP contribution < -0.4 is 10.6 Å². The van der Waals surface area contributed by atoms with Crippen molar-refractivity contribution in [3.8, 4) is 0 Å². The minimum absolute atomic E-state index is 0.0633. The molecule has 21 heavy (non-hydrogen) atoms. The van der Waals surface area contributed by atoms with Gasteiger partial charge in [-0.25, -0.2) is 0 Å². The van der Waals surface area contributed by atoms with E-state index in [4.69, 9.17) is 0 Å². The lowest BCUT2D eigenvalue weighted by Gasteiger charge is -2.12. The highest BCUT2D eigenvalue weighted by atomic mass is 79.9. The largest absolute Gasteiger partial charge is 0.376 e. The molecule has 0 aliphatic carbocycles. The lowest BCUT2D eigenvalue weighted by atomic mass is 10.1. The summed E-state index contributed by atoms with van der Waals surface area (Å²) in [6.07, 6.45) is 0. The van der Waals surface area contributed by atoms with Crippen molar-refractivity contribution in [2.24, 2.45) is 0 Å². The van der Waals surface area contributed by atoms with Crippen LogP contribution in [0.25, 0.3) is 0 Å². The van der Waals surface area contributed by atoms with Crippen LogP contribution in [0.15, 0.2) is 40.9 Å². The molecule has 0 spiro atoms. The van der Waals surface area contributed by atoms with Crippen LogP contribution in [-0.2, 0) is 4.79 Å². The zero-order chi connectivity index (χ0) is 15.4. The molecule has 0 fully saturated rings. The molecule has 0 radical (unpaired) electrons. The average Bonchev–Trinajstić information content (AvgIpc) is 2.44. The highest BCUT2D eigenvalue weighted by Gasteiger charge is 2.05. The van der Waals surface area contributed by atoms with E-state index in [1.807, 2.05) is 44.2 Å². The Morgan fingerprint density at radius 2 is 1.86 bits per heavy atom. The molecule has 1 amide bonds. The third-order valence-corrected chi connectivity index (χ3v) is 4.35. The molecule has 0 atom stereocenters. The summed E-state index contributed by atoms with van der Waals surface area (Å²) in [6.45, 7) is 6.37. The smallest absolute Gasteiger partial charge is 0.243 e. The number of nitrogens with one attached hydrogen (secondary N) is 2. The van der Waals surface area contributed by atoms with Gasteiger partial charge in [0.1, 0.15) is 0 Å². The molecule has 3 nitrogen and oxygen atoms in total. The molecule has 0 aliphatic rings. The quantitative estimate of drug-likeness (QED) is 0.859. The van der Waals surface area contributed by atoms with Crippen LogP contribution in [0, 0.1) is 20.8 Å². The van der Waals surface area contributed by atoms with Crippen LogP contribution in [0.5, 0.6) is 0 Å². The number of halogens is 1. The van der Waals surface area contributed by atoms with Crippen LogP contribution in [0.4, 0.5) is 11.4 Å². The fourth-order valence-corrected chi connectivity index (χ4v) is 2.37. The van der Waals surface area contributed by atoms with Gasteiger partial charge in [0.2, 0.25) is 5.91 Å². The van der Waals surface area contributed by atoms with Crippen molar-refractivity contribution < 1.29 is 4.79 Å². The van der Waals surface area contributed by atoms with Gasteiger partial charge in [-0.3, -0.25) is 4.79 Å². The van der Waals surface area contributed by atoms with E-state index in [0.29, 0.717) is 0 Å². The molecule has 2 rings (SSSR count). The fraction of sp³-hybridized carbons (Fsp3) is 0.235. The second-order valence-electron chi connectivity index (χ2n) is 5.11. The van der Waals surface area contributed by atoms with E-state index < -0.39 is 0 Å². The van der Waals surface area contributed by atoms with Crippen LogP contribution in [0.3, 0.4) is 0 Å². The predicted octanol–water partition coefficient (Wildman–Crippen LogP) is 4.42. The van der Waals surface area contributed by atoms with Gasteiger partial charge in [0, 0.05) is 15.8 Å². The first-order valence-corrected chi connectivity index (χ1v) is 7.63. The van der Waals surface area contributed by atoms with Gasteiger partial charge in [-0.05, 0) is 55.7 Å². The highest BCUT2D eigenvalue weighted by molar-refractivity contribution is 9.10. The number of hydrogen-bond donors (Lipinski definition) is 2. The molecule has 0 saturated heterocycles. The fourth-order valence-electron chi connectivity index (χ4n) is 1.99. The van der Waals surface area contributed by atoms with Crippen molar-refractivity contribution in [1.29, 1.82) is 0 Å². The Labute approximate surface area is 133 Å². The van der Waals surface area contributed by atoms with E-state index in [-0.39, 0.29) is 12.5 Å². The van der Waals surface area contributed by atoms with E-state index in [0.717, 1.165) is 21.4 Å². The van der Waals surface area contributed by atoms with Gasteiger partial charge in [-0.15, -0.1) is 0 Å². The molecule has 0 saturated carbocycles. The molecular weight excluding hydrogens is 328 g/mol. The number of hydrogen-bond acceptors (Lipinski definition) is 2. The molecule has 0 bridgehead atoms. The summed E-state index contributed by atoms with van der Waals surface area (Å²) in [5.41, 5.74) is 5.31. The van der Waals surface area contributed by atoms with Crippen molar-refractivity contribution in [1.82, 2.24) is 0 Å². The molecule has 2 N–H and O–H groups in total. The Kier molecular flexibility index (Phi) is 5.02. The molecule has 0 aromatic heterocycles. The number of aryl methyl sites for hydroxylation is 2. The topological polar surface area (TPSA) is 41.1 Å². The summed E-state index contributed by atoms with van der Waals surface area (Å²) in [4.78, 5) is 12.0. The molecule has 110 valence electrons. The summed E-state index contributed by atoms with van der Waals surface area (Å²) in [5.74, 6) is -0.0633. The minimum Gasteiger partial charge on any atom is -0.376 e. The molecule has 0 aliphatic heterocycles. The number of amides is 1. The predicted molar refractivity (Wildman–Crippen MR) is 91.9 cm³/mol. The van der Waals surface area contributed by atoms with Crippen molar-refractivity contribution in [2.45, 2.75) is 20.8 Å². The van der Waals surface area contributed by atoms with E-state index in [1.54, 1.807) is 0 Å². The van der Waals surface area contributed by atoms with Crippen molar-refractivity contribution in [3.63, 3.8) is 0 Å². The van der Waals surface area contributed by atoms with Gasteiger partial charge < -0.3 is 10.6 Å². The lowest BCUT2D eigenvalue weighted by Crippen LogP contribution is -2.22. The molecule has 0 unspecified atom stereocenters. The first-order valence-electron chi connectivity index (χ1n) is 6.83.